The molecule has 1 aliphatic heterocycles. The minimum atomic E-state index is -0.536. The molecule has 0 unspecified atom stereocenters. The van der Waals surface area contributed by atoms with Crippen molar-refractivity contribution in [2.75, 3.05) is 13.1 Å². The average Bonchev–Trinajstić information content (AvgIpc) is 2.62. The van der Waals surface area contributed by atoms with Gasteiger partial charge in [0, 0.05) is 24.2 Å². The number of hydrogen-bond donors (Lipinski definition) is 0. The first-order valence-corrected chi connectivity index (χ1v) is 8.69. The normalized spacial score (nSPS) is 15.2. The Bertz CT molecular complexity index is 771. The quantitative estimate of drug-likeness (QED) is 0.603. The monoisotopic (exact) mass is 358 g/mol. The minimum absolute atomic E-state index is 0.0685. The molecule has 0 aromatic heterocycles. The van der Waals surface area contributed by atoms with Gasteiger partial charge in [0.1, 0.15) is 5.56 Å². The van der Waals surface area contributed by atoms with Crippen LogP contribution in [0, 0.1) is 16.0 Å². The smallest absolute Gasteiger partial charge is 0.282 e. The molecule has 0 N–H and O–H groups in total. The Labute approximate surface area is 151 Å². The number of amides is 1. The molecule has 2 aromatic rings. The second-order valence-corrected chi connectivity index (χ2v) is 6.78. The summed E-state index contributed by atoms with van der Waals surface area (Å²) in [5.74, 6) is 0.216. The van der Waals surface area contributed by atoms with Gasteiger partial charge in [-0.1, -0.05) is 41.9 Å². The Kier molecular flexibility index (Phi) is 5.34. The summed E-state index contributed by atoms with van der Waals surface area (Å²) in [5, 5.41) is 11.5. The molecule has 25 heavy (non-hydrogen) atoms. The summed E-state index contributed by atoms with van der Waals surface area (Å²) < 4.78 is 0. The maximum absolute atomic E-state index is 12.7. The zero-order valence-electron chi connectivity index (χ0n) is 13.7. The third-order valence-electron chi connectivity index (χ3n) is 4.65. The number of carbonyl (C=O) groups excluding carboxylic acids is 1. The van der Waals surface area contributed by atoms with E-state index in [1.807, 2.05) is 18.2 Å². The third-order valence-corrected chi connectivity index (χ3v) is 4.89. The number of likely N-dealkylation sites (tertiary alicyclic amines) is 1. The summed E-state index contributed by atoms with van der Waals surface area (Å²) in [5.41, 5.74) is 1.18. The van der Waals surface area contributed by atoms with E-state index >= 15 is 0 Å². The van der Waals surface area contributed by atoms with Crippen LogP contribution >= 0.6 is 11.6 Å². The molecule has 0 spiro atoms. The summed E-state index contributed by atoms with van der Waals surface area (Å²) >= 11 is 5.92. The molecule has 0 aliphatic carbocycles. The second-order valence-electron chi connectivity index (χ2n) is 6.34. The molecule has 5 nitrogen and oxygen atoms in total. The lowest BCUT2D eigenvalue weighted by atomic mass is 9.90. The van der Waals surface area contributed by atoms with Crippen molar-refractivity contribution in [3.05, 3.63) is 74.8 Å². The molecule has 3 rings (SSSR count). The Morgan fingerprint density at radius 2 is 1.84 bits per heavy atom. The number of piperidine rings is 1. The number of nitro benzene ring substituents is 1. The first kappa shape index (κ1) is 17.4. The van der Waals surface area contributed by atoms with Gasteiger partial charge in [-0.3, -0.25) is 14.9 Å². The van der Waals surface area contributed by atoms with Crippen LogP contribution < -0.4 is 0 Å². The molecule has 1 aliphatic rings. The van der Waals surface area contributed by atoms with Crippen LogP contribution in [-0.4, -0.2) is 28.8 Å². The third kappa shape index (κ3) is 4.17. The lowest BCUT2D eigenvalue weighted by Crippen LogP contribution is -2.39. The molecule has 130 valence electrons. The largest absolute Gasteiger partial charge is 0.338 e. The van der Waals surface area contributed by atoms with Crippen LogP contribution in [0.2, 0.25) is 5.02 Å². The van der Waals surface area contributed by atoms with Gasteiger partial charge in [0.25, 0.3) is 11.6 Å². The predicted octanol–water partition coefficient (Wildman–Crippen LogP) is 4.34. The SMILES string of the molecule is O=C(c1cc(Cl)ccc1[N+](=O)[O-])N1CCC(Cc2ccccc2)CC1. The van der Waals surface area contributed by atoms with E-state index in [0.717, 1.165) is 19.3 Å². The molecule has 1 heterocycles. The molecule has 6 heteroatoms. The number of carbonyl (C=O) groups is 1. The maximum Gasteiger partial charge on any atom is 0.282 e. The molecule has 0 saturated carbocycles. The standard InChI is InChI=1S/C19H19ClN2O3/c20-16-6-7-18(22(24)25)17(13-16)19(23)21-10-8-15(9-11-21)12-14-4-2-1-3-5-14/h1-7,13,15H,8-12H2. The number of hydrogen-bond acceptors (Lipinski definition) is 3. The van der Waals surface area contributed by atoms with E-state index in [4.69, 9.17) is 11.6 Å². The van der Waals surface area contributed by atoms with Gasteiger partial charge in [-0.05, 0) is 42.9 Å². The number of halogens is 1. The van der Waals surface area contributed by atoms with Crippen molar-refractivity contribution in [2.45, 2.75) is 19.3 Å². The van der Waals surface area contributed by atoms with E-state index < -0.39 is 4.92 Å². The first-order chi connectivity index (χ1) is 12.0. The first-order valence-electron chi connectivity index (χ1n) is 8.31. The van der Waals surface area contributed by atoms with Crippen LogP contribution in [0.4, 0.5) is 5.69 Å². The molecule has 2 aromatic carbocycles. The fourth-order valence-electron chi connectivity index (χ4n) is 3.30. The van der Waals surface area contributed by atoms with Crippen molar-refractivity contribution in [3.63, 3.8) is 0 Å². The number of rotatable bonds is 4. The summed E-state index contributed by atoms with van der Waals surface area (Å²) in [4.78, 5) is 25.0. The van der Waals surface area contributed by atoms with Crippen LogP contribution in [0.5, 0.6) is 0 Å². The fraction of sp³-hybridized carbons (Fsp3) is 0.316. The highest BCUT2D eigenvalue weighted by Gasteiger charge is 2.28. The lowest BCUT2D eigenvalue weighted by Gasteiger charge is -2.32. The predicted molar refractivity (Wildman–Crippen MR) is 96.9 cm³/mol. The van der Waals surface area contributed by atoms with E-state index in [-0.39, 0.29) is 17.2 Å². The fourth-order valence-corrected chi connectivity index (χ4v) is 3.47. The molecule has 0 bridgehead atoms. The molecule has 1 fully saturated rings. The van der Waals surface area contributed by atoms with Crippen molar-refractivity contribution >= 4 is 23.2 Å². The molecule has 0 atom stereocenters. The van der Waals surface area contributed by atoms with E-state index in [1.165, 1.54) is 23.8 Å². The van der Waals surface area contributed by atoms with Gasteiger partial charge >= 0.3 is 0 Å². The van der Waals surface area contributed by atoms with E-state index in [0.29, 0.717) is 24.0 Å². The zero-order chi connectivity index (χ0) is 17.8. The minimum Gasteiger partial charge on any atom is -0.338 e. The van der Waals surface area contributed by atoms with Crippen molar-refractivity contribution in [2.24, 2.45) is 5.92 Å². The molecular weight excluding hydrogens is 340 g/mol. The summed E-state index contributed by atoms with van der Waals surface area (Å²) in [6.45, 7) is 1.22. The maximum atomic E-state index is 12.7. The van der Waals surface area contributed by atoms with Gasteiger partial charge in [-0.2, -0.15) is 0 Å². The Balaban J connectivity index is 1.66. The van der Waals surface area contributed by atoms with Crippen molar-refractivity contribution < 1.29 is 9.72 Å². The molecule has 1 saturated heterocycles. The van der Waals surface area contributed by atoms with Crippen molar-refractivity contribution in [1.29, 1.82) is 0 Å². The van der Waals surface area contributed by atoms with Gasteiger partial charge in [0.15, 0.2) is 0 Å². The molecule has 1 amide bonds. The zero-order valence-corrected chi connectivity index (χ0v) is 14.5. The summed E-state index contributed by atoms with van der Waals surface area (Å²) in [7, 11) is 0. The number of nitro groups is 1. The van der Waals surface area contributed by atoms with Gasteiger partial charge < -0.3 is 4.90 Å². The van der Waals surface area contributed by atoms with Gasteiger partial charge in [-0.25, -0.2) is 0 Å². The van der Waals surface area contributed by atoms with E-state index in [9.17, 15) is 14.9 Å². The van der Waals surface area contributed by atoms with Crippen LogP contribution in [0.15, 0.2) is 48.5 Å². The van der Waals surface area contributed by atoms with E-state index in [1.54, 1.807) is 4.90 Å². The molecule has 0 radical (unpaired) electrons. The van der Waals surface area contributed by atoms with Gasteiger partial charge in [-0.15, -0.1) is 0 Å². The Hall–Kier alpha value is -2.40. The van der Waals surface area contributed by atoms with Gasteiger partial charge in [0.2, 0.25) is 0 Å². The van der Waals surface area contributed by atoms with Crippen molar-refractivity contribution in [3.8, 4) is 0 Å². The summed E-state index contributed by atoms with van der Waals surface area (Å²) in [6, 6.07) is 14.4. The van der Waals surface area contributed by atoms with Crippen LogP contribution in [0.25, 0.3) is 0 Å². The number of nitrogens with zero attached hydrogens (tertiary/aromatic N) is 2. The number of benzene rings is 2. The Morgan fingerprint density at radius 3 is 2.48 bits per heavy atom. The summed E-state index contributed by atoms with van der Waals surface area (Å²) in [6.07, 6.45) is 2.80. The van der Waals surface area contributed by atoms with Crippen LogP contribution in [0.1, 0.15) is 28.8 Å². The lowest BCUT2D eigenvalue weighted by molar-refractivity contribution is -0.385. The topological polar surface area (TPSA) is 63.4 Å². The van der Waals surface area contributed by atoms with Crippen molar-refractivity contribution in [1.82, 2.24) is 4.90 Å². The average molecular weight is 359 g/mol. The second kappa shape index (κ2) is 7.66. The van der Waals surface area contributed by atoms with Crippen LogP contribution in [0.3, 0.4) is 0 Å². The highest BCUT2D eigenvalue weighted by atomic mass is 35.5. The molecular formula is C19H19ClN2O3. The van der Waals surface area contributed by atoms with Gasteiger partial charge in [0.05, 0.1) is 4.92 Å². The highest BCUT2D eigenvalue weighted by Crippen LogP contribution is 2.27. The highest BCUT2D eigenvalue weighted by molar-refractivity contribution is 6.31. The van der Waals surface area contributed by atoms with E-state index in [2.05, 4.69) is 12.1 Å². The van der Waals surface area contributed by atoms with Crippen LogP contribution in [-0.2, 0) is 6.42 Å². The Morgan fingerprint density at radius 1 is 1.16 bits per heavy atom.